The molecule has 24 heavy (non-hydrogen) atoms. The van der Waals surface area contributed by atoms with Crippen molar-refractivity contribution in [2.45, 2.75) is 76.5 Å². The Balaban J connectivity index is 1.36. The second-order valence-electron chi connectivity index (χ2n) is 8.79. The molecule has 0 aromatic carbocycles. The summed E-state index contributed by atoms with van der Waals surface area (Å²) in [5, 5.41) is 17.6. The number of nitrogens with one attached hydrogen (secondary N) is 2. The van der Waals surface area contributed by atoms with Gasteiger partial charge in [-0.25, -0.2) is 0 Å². The summed E-state index contributed by atoms with van der Waals surface area (Å²) in [7, 11) is 1.85. The predicted molar refractivity (Wildman–Crippen MR) is 95.0 cm³/mol. The molecule has 3 N–H and O–H groups in total. The van der Waals surface area contributed by atoms with E-state index < -0.39 is 0 Å². The summed E-state index contributed by atoms with van der Waals surface area (Å²) in [4.78, 5) is 4.46. The molecular weight excluding hydrogens is 302 g/mol. The monoisotopic (exact) mass is 335 g/mol. The fraction of sp³-hybridized carbons (Fsp3) is 0.947. The summed E-state index contributed by atoms with van der Waals surface area (Å²) in [6.45, 7) is 3.92. The molecule has 1 spiro atoms. The number of aliphatic hydroxyl groups is 1. The molecule has 0 aromatic rings. The minimum absolute atomic E-state index is 0.0390. The van der Waals surface area contributed by atoms with E-state index in [-0.39, 0.29) is 11.5 Å². The molecule has 5 atom stereocenters. The number of nitrogens with zero attached hydrogens (tertiary/aromatic N) is 1. The Morgan fingerprint density at radius 1 is 1.21 bits per heavy atom. The molecule has 0 bridgehead atoms. The third-order valence-electron chi connectivity index (χ3n) is 7.49. The average molecular weight is 335 g/mol. The van der Waals surface area contributed by atoms with Crippen LogP contribution < -0.4 is 10.6 Å². The normalized spacial score (nSPS) is 43.7. The van der Waals surface area contributed by atoms with Gasteiger partial charge in [0.15, 0.2) is 5.96 Å². The number of hydrogen-bond acceptors (Lipinski definition) is 3. The molecule has 4 aliphatic rings. The fourth-order valence-corrected chi connectivity index (χ4v) is 5.67. The van der Waals surface area contributed by atoms with Crippen molar-refractivity contribution in [2.75, 3.05) is 20.2 Å². The Morgan fingerprint density at radius 3 is 2.71 bits per heavy atom. The van der Waals surface area contributed by atoms with E-state index in [1.807, 2.05) is 7.05 Å². The Bertz CT molecular complexity index is 505. The number of aliphatic hydroxyl groups excluding tert-OH is 1. The molecule has 5 nitrogen and oxygen atoms in total. The van der Waals surface area contributed by atoms with Gasteiger partial charge in [0, 0.05) is 43.0 Å². The molecule has 3 saturated carbocycles. The van der Waals surface area contributed by atoms with Gasteiger partial charge in [-0.15, -0.1) is 0 Å². The van der Waals surface area contributed by atoms with Crippen molar-refractivity contribution in [1.29, 1.82) is 0 Å². The Hall–Kier alpha value is -0.810. The van der Waals surface area contributed by atoms with E-state index in [1.165, 1.54) is 32.1 Å². The summed E-state index contributed by atoms with van der Waals surface area (Å²) in [6, 6.07) is 0.508. The van der Waals surface area contributed by atoms with E-state index in [1.54, 1.807) is 0 Å². The smallest absolute Gasteiger partial charge is 0.191 e. The van der Waals surface area contributed by atoms with Gasteiger partial charge in [-0.3, -0.25) is 4.99 Å². The van der Waals surface area contributed by atoms with Crippen molar-refractivity contribution < 1.29 is 9.84 Å². The van der Waals surface area contributed by atoms with Crippen molar-refractivity contribution in [2.24, 2.45) is 21.7 Å². The van der Waals surface area contributed by atoms with Gasteiger partial charge in [-0.2, -0.15) is 0 Å². The zero-order valence-electron chi connectivity index (χ0n) is 15.2. The highest BCUT2D eigenvalue weighted by molar-refractivity contribution is 5.80. The first-order valence-corrected chi connectivity index (χ1v) is 9.86. The minimum atomic E-state index is -0.203. The molecule has 136 valence electrons. The van der Waals surface area contributed by atoms with Crippen LogP contribution in [0.15, 0.2) is 4.99 Å². The lowest BCUT2D eigenvalue weighted by molar-refractivity contribution is -0.171. The van der Waals surface area contributed by atoms with Gasteiger partial charge >= 0.3 is 0 Å². The summed E-state index contributed by atoms with van der Waals surface area (Å²) in [5.41, 5.74) is 0.329. The molecule has 1 aliphatic heterocycles. The first-order valence-electron chi connectivity index (χ1n) is 9.86. The number of hydrogen-bond donors (Lipinski definition) is 3. The van der Waals surface area contributed by atoms with Crippen molar-refractivity contribution in [3.63, 3.8) is 0 Å². The largest absolute Gasteiger partial charge is 0.392 e. The van der Waals surface area contributed by atoms with E-state index in [0.29, 0.717) is 23.5 Å². The highest BCUT2D eigenvalue weighted by Crippen LogP contribution is 2.62. The molecule has 5 heteroatoms. The molecule has 5 unspecified atom stereocenters. The average Bonchev–Trinajstić information content (AvgIpc) is 2.94. The van der Waals surface area contributed by atoms with Gasteiger partial charge in [0.2, 0.25) is 0 Å². The third-order valence-corrected chi connectivity index (χ3v) is 7.49. The first-order chi connectivity index (χ1) is 11.6. The Labute approximate surface area is 145 Å². The maximum Gasteiger partial charge on any atom is 0.191 e. The minimum Gasteiger partial charge on any atom is -0.392 e. The van der Waals surface area contributed by atoms with Gasteiger partial charge in [-0.05, 0) is 32.1 Å². The molecule has 4 rings (SSSR count). The van der Waals surface area contributed by atoms with Crippen LogP contribution in [0.1, 0.15) is 58.3 Å². The van der Waals surface area contributed by atoms with Crippen LogP contribution in [0.25, 0.3) is 0 Å². The maximum atomic E-state index is 10.4. The van der Waals surface area contributed by atoms with Crippen molar-refractivity contribution >= 4 is 5.96 Å². The van der Waals surface area contributed by atoms with Crippen LogP contribution in [-0.2, 0) is 4.74 Å². The lowest BCUT2D eigenvalue weighted by atomic mass is 9.46. The van der Waals surface area contributed by atoms with Gasteiger partial charge in [0.1, 0.15) is 0 Å². The van der Waals surface area contributed by atoms with Crippen molar-refractivity contribution in [3.05, 3.63) is 0 Å². The van der Waals surface area contributed by atoms with E-state index in [4.69, 9.17) is 4.74 Å². The summed E-state index contributed by atoms with van der Waals surface area (Å²) < 4.78 is 6.01. The number of guanidine groups is 1. The second kappa shape index (κ2) is 6.17. The maximum absolute atomic E-state index is 10.4. The molecule has 1 heterocycles. The molecule has 1 saturated heterocycles. The van der Waals surface area contributed by atoms with Crippen LogP contribution in [0, 0.1) is 16.7 Å². The van der Waals surface area contributed by atoms with Crippen molar-refractivity contribution in [1.82, 2.24) is 10.6 Å². The lowest BCUT2D eigenvalue weighted by Crippen LogP contribution is -2.72. The summed E-state index contributed by atoms with van der Waals surface area (Å²) in [6.07, 6.45) is 9.76. The summed E-state index contributed by atoms with van der Waals surface area (Å²) in [5.74, 6) is 1.55. The van der Waals surface area contributed by atoms with Crippen LogP contribution in [0.4, 0.5) is 0 Å². The molecule has 0 aromatic heterocycles. The topological polar surface area (TPSA) is 65.9 Å². The molecule has 0 radical (unpaired) electrons. The highest BCUT2D eigenvalue weighted by Gasteiger charge is 2.66. The van der Waals surface area contributed by atoms with Gasteiger partial charge in [0.25, 0.3) is 0 Å². The number of aliphatic imine (C=N–C) groups is 1. The van der Waals surface area contributed by atoms with E-state index in [0.717, 1.165) is 38.4 Å². The van der Waals surface area contributed by atoms with Crippen LogP contribution in [0.2, 0.25) is 0 Å². The van der Waals surface area contributed by atoms with Gasteiger partial charge in [0.05, 0.1) is 12.2 Å². The number of rotatable bonds is 3. The van der Waals surface area contributed by atoms with Gasteiger partial charge in [-0.1, -0.05) is 26.2 Å². The molecular formula is C19H33N3O2. The molecule has 4 fully saturated rings. The number of fused-ring (bicyclic) bond motifs is 2. The first kappa shape index (κ1) is 16.6. The molecule has 3 aliphatic carbocycles. The molecule has 0 amide bonds. The third kappa shape index (κ3) is 2.47. The van der Waals surface area contributed by atoms with E-state index >= 15 is 0 Å². The standard InChI is InChI=1S/C19H33N3O2/c1-18(8-4-3-6-14(18)23)12-21-17(20-2)22-15-13-7-11-24-16(13)19(15)9-5-10-19/h13-16,23H,3-12H2,1-2H3,(H2,20,21,22). The quantitative estimate of drug-likeness (QED) is 0.545. The van der Waals surface area contributed by atoms with E-state index in [9.17, 15) is 5.11 Å². The zero-order valence-corrected chi connectivity index (χ0v) is 15.2. The lowest BCUT2D eigenvalue weighted by Gasteiger charge is -2.63. The SMILES string of the molecule is CN=C(NCC1(C)CCCCC1O)NC1C2CCOC2C12CCC2. The zero-order chi connectivity index (χ0) is 16.8. The number of ether oxygens (including phenoxy) is 1. The second-order valence-corrected chi connectivity index (χ2v) is 8.79. The summed E-state index contributed by atoms with van der Waals surface area (Å²) >= 11 is 0. The highest BCUT2D eigenvalue weighted by atomic mass is 16.5. The van der Waals surface area contributed by atoms with Crippen molar-refractivity contribution in [3.8, 4) is 0 Å². The van der Waals surface area contributed by atoms with E-state index in [2.05, 4.69) is 22.5 Å². The van der Waals surface area contributed by atoms with Crippen LogP contribution in [0.3, 0.4) is 0 Å². The Kier molecular flexibility index (Phi) is 4.28. The van der Waals surface area contributed by atoms with Crippen LogP contribution in [-0.4, -0.2) is 49.5 Å². The fourth-order valence-electron chi connectivity index (χ4n) is 5.67. The van der Waals surface area contributed by atoms with Crippen LogP contribution >= 0.6 is 0 Å². The van der Waals surface area contributed by atoms with Gasteiger partial charge < -0.3 is 20.5 Å². The predicted octanol–water partition coefficient (Wildman–Crippen LogP) is 2.05. The van der Waals surface area contributed by atoms with Crippen LogP contribution in [0.5, 0.6) is 0 Å². The Morgan fingerprint density at radius 2 is 2.04 bits per heavy atom.